The number of rotatable bonds is 15. The number of ether oxygens (including phenoxy) is 1. The molecule has 0 unspecified atom stereocenters. The van der Waals surface area contributed by atoms with E-state index in [4.69, 9.17) is 9.84 Å². The second kappa shape index (κ2) is 16.9. The molecule has 18 heavy (non-hydrogen) atoms. The van der Waals surface area contributed by atoms with Crippen LogP contribution >= 0.6 is 0 Å². The van der Waals surface area contributed by atoms with Crippen molar-refractivity contribution in [3.63, 3.8) is 0 Å². The molecule has 0 aliphatic rings. The van der Waals surface area contributed by atoms with E-state index in [2.05, 4.69) is 6.92 Å². The minimum atomic E-state index is 0.353. The van der Waals surface area contributed by atoms with Gasteiger partial charge in [-0.2, -0.15) is 0 Å². The largest absolute Gasteiger partial charge is 0.396 e. The molecule has 0 rings (SSSR count). The molecule has 0 spiro atoms. The van der Waals surface area contributed by atoms with Crippen LogP contribution in [-0.2, 0) is 4.74 Å². The number of unbranched alkanes of at least 4 members (excludes halogenated alkanes) is 10. The van der Waals surface area contributed by atoms with E-state index in [9.17, 15) is 0 Å². The van der Waals surface area contributed by atoms with Gasteiger partial charge in [0.05, 0.1) is 0 Å². The summed E-state index contributed by atoms with van der Waals surface area (Å²) in [5.41, 5.74) is 0. The van der Waals surface area contributed by atoms with Gasteiger partial charge < -0.3 is 9.84 Å². The first kappa shape index (κ1) is 17.9. The molecular weight excluding hydrogens is 224 g/mol. The van der Waals surface area contributed by atoms with E-state index in [1.54, 1.807) is 0 Å². The summed E-state index contributed by atoms with van der Waals surface area (Å²) in [5.74, 6) is 0. The van der Waals surface area contributed by atoms with Gasteiger partial charge in [-0.3, -0.25) is 0 Å². The van der Waals surface area contributed by atoms with Crippen molar-refractivity contribution in [3.05, 3.63) is 0 Å². The van der Waals surface area contributed by atoms with Crippen LogP contribution in [0.15, 0.2) is 0 Å². The Bertz CT molecular complexity index is 121. The Hall–Kier alpha value is -0.0800. The van der Waals surface area contributed by atoms with Crippen LogP contribution < -0.4 is 0 Å². The van der Waals surface area contributed by atoms with Gasteiger partial charge in [0.1, 0.15) is 0 Å². The molecule has 0 aromatic carbocycles. The SMILES string of the molecule is CCCCCCCOCCCCCCCCCO. The highest BCUT2D eigenvalue weighted by molar-refractivity contribution is 4.46. The summed E-state index contributed by atoms with van der Waals surface area (Å²) in [6.07, 6.45) is 15.2. The van der Waals surface area contributed by atoms with E-state index in [-0.39, 0.29) is 0 Å². The predicted molar refractivity (Wildman–Crippen MR) is 79.0 cm³/mol. The molecule has 0 radical (unpaired) electrons. The van der Waals surface area contributed by atoms with Crippen LogP contribution in [0.25, 0.3) is 0 Å². The Kier molecular flexibility index (Phi) is 16.8. The quantitative estimate of drug-likeness (QED) is 0.432. The third-order valence-electron chi connectivity index (χ3n) is 3.34. The third-order valence-corrected chi connectivity index (χ3v) is 3.34. The molecule has 0 amide bonds. The van der Waals surface area contributed by atoms with Crippen LogP contribution in [0, 0.1) is 0 Å². The molecule has 2 nitrogen and oxygen atoms in total. The Morgan fingerprint density at radius 3 is 1.56 bits per heavy atom. The standard InChI is InChI=1S/C16H34O2/c1-2-3-4-9-12-15-18-16-13-10-7-5-6-8-11-14-17/h17H,2-16H2,1H3. The highest BCUT2D eigenvalue weighted by Gasteiger charge is 1.93. The second-order valence-corrected chi connectivity index (χ2v) is 5.23. The third kappa shape index (κ3) is 15.9. The van der Waals surface area contributed by atoms with E-state index in [1.165, 1.54) is 70.6 Å². The fraction of sp³-hybridized carbons (Fsp3) is 1.00. The molecule has 0 aromatic heterocycles. The molecule has 0 saturated carbocycles. The molecule has 0 aliphatic carbocycles. The first-order valence-electron chi connectivity index (χ1n) is 8.10. The summed E-state index contributed by atoms with van der Waals surface area (Å²) in [5, 5.41) is 8.64. The lowest BCUT2D eigenvalue weighted by molar-refractivity contribution is 0.125. The van der Waals surface area contributed by atoms with Crippen molar-refractivity contribution in [2.75, 3.05) is 19.8 Å². The van der Waals surface area contributed by atoms with Crippen LogP contribution in [0.2, 0.25) is 0 Å². The maximum atomic E-state index is 8.64. The predicted octanol–water partition coefficient (Wildman–Crippen LogP) is 4.70. The first-order valence-corrected chi connectivity index (χ1v) is 8.10. The molecule has 0 aromatic rings. The molecule has 0 aliphatic heterocycles. The highest BCUT2D eigenvalue weighted by Crippen LogP contribution is 2.07. The van der Waals surface area contributed by atoms with Gasteiger partial charge in [-0.05, 0) is 19.3 Å². The van der Waals surface area contributed by atoms with Crippen LogP contribution in [0.5, 0.6) is 0 Å². The Morgan fingerprint density at radius 1 is 0.611 bits per heavy atom. The Morgan fingerprint density at radius 2 is 1.06 bits per heavy atom. The molecule has 0 fully saturated rings. The van der Waals surface area contributed by atoms with Crippen molar-refractivity contribution in [2.24, 2.45) is 0 Å². The summed E-state index contributed by atoms with van der Waals surface area (Å²) in [6.45, 7) is 4.51. The maximum Gasteiger partial charge on any atom is 0.0466 e. The number of hydrogen-bond donors (Lipinski definition) is 1. The topological polar surface area (TPSA) is 29.5 Å². The zero-order chi connectivity index (χ0) is 13.3. The molecule has 0 bridgehead atoms. The van der Waals surface area contributed by atoms with Gasteiger partial charge in [0.15, 0.2) is 0 Å². The second-order valence-electron chi connectivity index (χ2n) is 5.23. The van der Waals surface area contributed by atoms with E-state index in [0.717, 1.165) is 19.6 Å². The minimum Gasteiger partial charge on any atom is -0.396 e. The van der Waals surface area contributed by atoms with Crippen molar-refractivity contribution >= 4 is 0 Å². The van der Waals surface area contributed by atoms with Gasteiger partial charge >= 0.3 is 0 Å². The minimum absolute atomic E-state index is 0.353. The van der Waals surface area contributed by atoms with Crippen molar-refractivity contribution in [1.29, 1.82) is 0 Å². The van der Waals surface area contributed by atoms with Crippen molar-refractivity contribution in [1.82, 2.24) is 0 Å². The molecular formula is C16H34O2. The number of aliphatic hydroxyl groups is 1. The lowest BCUT2D eigenvalue weighted by Crippen LogP contribution is -1.97. The summed E-state index contributed by atoms with van der Waals surface area (Å²) < 4.78 is 5.63. The van der Waals surface area contributed by atoms with Crippen molar-refractivity contribution in [3.8, 4) is 0 Å². The molecule has 1 N–H and O–H groups in total. The maximum absolute atomic E-state index is 8.64. The van der Waals surface area contributed by atoms with Gasteiger partial charge in [-0.15, -0.1) is 0 Å². The number of hydrogen-bond acceptors (Lipinski definition) is 2. The van der Waals surface area contributed by atoms with Crippen LogP contribution in [0.1, 0.15) is 84.0 Å². The molecule has 110 valence electrons. The summed E-state index contributed by atoms with van der Waals surface area (Å²) in [6, 6.07) is 0. The molecule has 2 heteroatoms. The fourth-order valence-electron chi connectivity index (χ4n) is 2.11. The van der Waals surface area contributed by atoms with Crippen LogP contribution in [0.3, 0.4) is 0 Å². The van der Waals surface area contributed by atoms with Gasteiger partial charge in [0, 0.05) is 19.8 Å². The smallest absolute Gasteiger partial charge is 0.0466 e. The number of aliphatic hydroxyl groups excluding tert-OH is 1. The monoisotopic (exact) mass is 258 g/mol. The van der Waals surface area contributed by atoms with Gasteiger partial charge in [0.25, 0.3) is 0 Å². The lowest BCUT2D eigenvalue weighted by atomic mass is 10.1. The van der Waals surface area contributed by atoms with Crippen LogP contribution in [0.4, 0.5) is 0 Å². The zero-order valence-corrected chi connectivity index (χ0v) is 12.5. The average Bonchev–Trinajstić information content (AvgIpc) is 2.39. The van der Waals surface area contributed by atoms with Crippen LogP contribution in [-0.4, -0.2) is 24.9 Å². The summed E-state index contributed by atoms with van der Waals surface area (Å²) in [4.78, 5) is 0. The fourth-order valence-corrected chi connectivity index (χ4v) is 2.11. The average molecular weight is 258 g/mol. The van der Waals surface area contributed by atoms with E-state index < -0.39 is 0 Å². The molecule has 0 saturated heterocycles. The highest BCUT2D eigenvalue weighted by atomic mass is 16.5. The van der Waals surface area contributed by atoms with E-state index in [1.807, 2.05) is 0 Å². The molecule has 0 atom stereocenters. The summed E-state index contributed by atoms with van der Waals surface area (Å²) in [7, 11) is 0. The van der Waals surface area contributed by atoms with Gasteiger partial charge in [0.2, 0.25) is 0 Å². The van der Waals surface area contributed by atoms with Gasteiger partial charge in [-0.1, -0.05) is 64.7 Å². The van der Waals surface area contributed by atoms with E-state index >= 15 is 0 Å². The van der Waals surface area contributed by atoms with E-state index in [0.29, 0.717) is 6.61 Å². The van der Waals surface area contributed by atoms with Crippen molar-refractivity contribution < 1.29 is 9.84 Å². The van der Waals surface area contributed by atoms with Crippen molar-refractivity contribution in [2.45, 2.75) is 84.0 Å². The zero-order valence-electron chi connectivity index (χ0n) is 12.5. The van der Waals surface area contributed by atoms with Gasteiger partial charge in [-0.25, -0.2) is 0 Å². The summed E-state index contributed by atoms with van der Waals surface area (Å²) >= 11 is 0. The lowest BCUT2D eigenvalue weighted by Gasteiger charge is -2.04. The normalized spacial score (nSPS) is 11.0. The Balaban J connectivity index is 2.86. The molecule has 0 heterocycles. The first-order chi connectivity index (χ1) is 8.91. The Labute approximate surface area is 114 Å².